The van der Waals surface area contributed by atoms with Crippen molar-refractivity contribution in [3.8, 4) is 0 Å². The predicted octanol–water partition coefficient (Wildman–Crippen LogP) is 3.91. The zero-order valence-corrected chi connectivity index (χ0v) is 13.8. The average Bonchev–Trinajstić information content (AvgIpc) is 3.00. The summed E-state index contributed by atoms with van der Waals surface area (Å²) in [5, 5.41) is 5.62. The fourth-order valence-electron chi connectivity index (χ4n) is 1.80. The summed E-state index contributed by atoms with van der Waals surface area (Å²) in [6, 6.07) is 8.40. The summed E-state index contributed by atoms with van der Waals surface area (Å²) in [4.78, 5) is 2.52. The van der Waals surface area contributed by atoms with Crippen LogP contribution in [0.25, 0.3) is 0 Å². The molecule has 0 bridgehead atoms. The molecule has 0 saturated heterocycles. The summed E-state index contributed by atoms with van der Waals surface area (Å²) in [6.45, 7) is 0.859. The molecule has 2 unspecified atom stereocenters. The summed E-state index contributed by atoms with van der Waals surface area (Å²) in [5.41, 5.74) is 0. The average molecular weight is 334 g/mol. The molecule has 0 fully saturated rings. The quantitative estimate of drug-likeness (QED) is 0.778. The van der Waals surface area contributed by atoms with Gasteiger partial charge >= 0.3 is 0 Å². The molecule has 0 aliphatic carbocycles. The first-order valence-corrected chi connectivity index (χ1v) is 9.79. The summed E-state index contributed by atoms with van der Waals surface area (Å²) < 4.78 is 11.9. The number of hydrogen-bond acceptors (Lipinski definition) is 4. The molecule has 2 aromatic rings. The molecule has 0 amide bonds. The van der Waals surface area contributed by atoms with Gasteiger partial charge in [-0.25, -0.2) is 0 Å². The Kier molecular flexibility index (Phi) is 6.04. The van der Waals surface area contributed by atoms with Gasteiger partial charge in [0.1, 0.15) is 0 Å². The third-order valence-electron chi connectivity index (χ3n) is 2.66. The minimum absolute atomic E-state index is 0.197. The normalized spacial score (nSPS) is 14.4. The van der Waals surface area contributed by atoms with E-state index >= 15 is 0 Å². The Morgan fingerprint density at radius 3 is 2.79 bits per heavy atom. The van der Waals surface area contributed by atoms with Crippen LogP contribution in [-0.2, 0) is 10.8 Å². The molecule has 0 aromatic carbocycles. The van der Waals surface area contributed by atoms with Crippen LogP contribution in [-0.4, -0.2) is 22.8 Å². The molecule has 2 heterocycles. The highest BCUT2D eigenvalue weighted by atomic mass is 35.5. The van der Waals surface area contributed by atoms with E-state index in [4.69, 9.17) is 11.6 Å². The van der Waals surface area contributed by atoms with Crippen molar-refractivity contribution in [3.05, 3.63) is 43.7 Å². The van der Waals surface area contributed by atoms with Gasteiger partial charge in [0.05, 0.1) is 10.4 Å². The van der Waals surface area contributed by atoms with Crippen molar-refractivity contribution in [2.75, 3.05) is 18.6 Å². The maximum atomic E-state index is 11.1. The van der Waals surface area contributed by atoms with Crippen LogP contribution in [0.3, 0.4) is 0 Å². The van der Waals surface area contributed by atoms with Gasteiger partial charge in [-0.2, -0.15) is 0 Å². The van der Waals surface area contributed by atoms with Crippen LogP contribution in [0, 0.1) is 0 Å². The van der Waals surface area contributed by atoms with Crippen LogP contribution >= 0.6 is 34.3 Å². The Morgan fingerprint density at radius 1 is 1.37 bits per heavy atom. The molecule has 0 aliphatic rings. The van der Waals surface area contributed by atoms with Crippen molar-refractivity contribution >= 4 is 45.1 Å². The number of hydrogen-bond donors (Lipinski definition) is 1. The molecule has 2 aromatic heterocycles. The molecular weight excluding hydrogens is 318 g/mol. The fraction of sp³-hybridized carbons (Fsp3) is 0.385. The van der Waals surface area contributed by atoms with Crippen LogP contribution in [0.5, 0.6) is 0 Å². The molecule has 0 saturated carbocycles. The van der Waals surface area contributed by atoms with Crippen LogP contribution < -0.4 is 5.32 Å². The topological polar surface area (TPSA) is 29.1 Å². The Labute approximate surface area is 129 Å². The van der Waals surface area contributed by atoms with E-state index in [2.05, 4.69) is 28.9 Å². The highest BCUT2D eigenvalue weighted by Crippen LogP contribution is 2.32. The monoisotopic (exact) mass is 333 g/mol. The van der Waals surface area contributed by atoms with E-state index in [1.807, 2.05) is 6.07 Å². The van der Waals surface area contributed by atoms with Gasteiger partial charge in [0.15, 0.2) is 0 Å². The van der Waals surface area contributed by atoms with Gasteiger partial charge in [0, 0.05) is 32.6 Å². The molecule has 104 valence electrons. The minimum Gasteiger partial charge on any atom is -0.305 e. The van der Waals surface area contributed by atoms with Crippen LogP contribution in [0.2, 0.25) is 4.34 Å². The van der Waals surface area contributed by atoms with E-state index in [0.29, 0.717) is 0 Å². The van der Waals surface area contributed by atoms with Gasteiger partial charge in [-0.1, -0.05) is 17.7 Å². The van der Waals surface area contributed by atoms with E-state index in [1.54, 1.807) is 28.9 Å². The molecular formula is C13H16ClNOS3. The molecule has 0 aliphatic heterocycles. The van der Waals surface area contributed by atoms with E-state index in [-0.39, 0.29) is 6.04 Å². The van der Waals surface area contributed by atoms with E-state index < -0.39 is 10.8 Å². The number of rotatable bonds is 7. The second-order valence-corrected chi connectivity index (χ2v) is 8.46. The molecule has 2 atom stereocenters. The van der Waals surface area contributed by atoms with Crippen molar-refractivity contribution in [3.63, 3.8) is 0 Å². The Bertz CT molecular complexity index is 524. The highest BCUT2D eigenvalue weighted by molar-refractivity contribution is 7.84. The van der Waals surface area contributed by atoms with Crippen molar-refractivity contribution in [1.29, 1.82) is 0 Å². The SMILES string of the molecule is CS(=O)CCCNC(c1cccs1)c1ccc(Cl)s1. The van der Waals surface area contributed by atoms with Crippen LogP contribution in [0.4, 0.5) is 0 Å². The van der Waals surface area contributed by atoms with E-state index in [0.717, 1.165) is 23.1 Å². The molecule has 19 heavy (non-hydrogen) atoms. The summed E-state index contributed by atoms with van der Waals surface area (Å²) in [5.74, 6) is 0.745. The lowest BCUT2D eigenvalue weighted by atomic mass is 10.2. The molecule has 6 heteroatoms. The van der Waals surface area contributed by atoms with Crippen molar-refractivity contribution in [2.24, 2.45) is 0 Å². The zero-order chi connectivity index (χ0) is 13.7. The lowest BCUT2D eigenvalue weighted by Crippen LogP contribution is -2.23. The molecule has 0 spiro atoms. The van der Waals surface area contributed by atoms with Gasteiger partial charge in [0.2, 0.25) is 0 Å². The second-order valence-electron chi connectivity index (χ2n) is 4.18. The number of thiophene rings is 2. The first kappa shape index (κ1) is 15.2. The van der Waals surface area contributed by atoms with E-state index in [1.165, 1.54) is 9.75 Å². The molecule has 1 N–H and O–H groups in total. The summed E-state index contributed by atoms with van der Waals surface area (Å²) >= 11 is 9.37. The standard InChI is InChI=1S/C13H16ClNOS3/c1-19(16)9-3-7-15-13(10-4-2-8-17-10)11-5-6-12(14)18-11/h2,4-6,8,13,15H,3,7,9H2,1H3. The molecule has 0 radical (unpaired) electrons. The number of halogens is 1. The van der Waals surface area contributed by atoms with Crippen molar-refractivity contribution in [2.45, 2.75) is 12.5 Å². The van der Waals surface area contributed by atoms with Gasteiger partial charge in [-0.3, -0.25) is 4.21 Å². The first-order chi connectivity index (χ1) is 9.16. The second kappa shape index (κ2) is 7.55. The maximum Gasteiger partial charge on any atom is 0.0931 e. The van der Waals surface area contributed by atoms with Crippen molar-refractivity contribution < 1.29 is 4.21 Å². The lowest BCUT2D eigenvalue weighted by Gasteiger charge is -2.15. The van der Waals surface area contributed by atoms with Gasteiger partial charge in [-0.15, -0.1) is 22.7 Å². The zero-order valence-electron chi connectivity index (χ0n) is 10.6. The largest absolute Gasteiger partial charge is 0.305 e. The smallest absolute Gasteiger partial charge is 0.0931 e. The molecule has 2 rings (SSSR count). The Hall–Kier alpha value is -0.200. The Balaban J connectivity index is 2.01. The summed E-state index contributed by atoms with van der Waals surface area (Å²) in [7, 11) is -0.713. The first-order valence-electron chi connectivity index (χ1n) is 5.99. The van der Waals surface area contributed by atoms with E-state index in [9.17, 15) is 4.21 Å². The van der Waals surface area contributed by atoms with Gasteiger partial charge < -0.3 is 5.32 Å². The van der Waals surface area contributed by atoms with Gasteiger partial charge in [0.25, 0.3) is 0 Å². The number of nitrogens with one attached hydrogen (secondary N) is 1. The highest BCUT2D eigenvalue weighted by Gasteiger charge is 2.16. The van der Waals surface area contributed by atoms with Gasteiger partial charge in [-0.05, 0) is 36.5 Å². The Morgan fingerprint density at radius 2 is 2.21 bits per heavy atom. The third kappa shape index (κ3) is 4.68. The van der Waals surface area contributed by atoms with Crippen molar-refractivity contribution in [1.82, 2.24) is 5.32 Å². The van der Waals surface area contributed by atoms with Crippen LogP contribution in [0.15, 0.2) is 29.6 Å². The predicted molar refractivity (Wildman–Crippen MR) is 87.0 cm³/mol. The third-order valence-corrected chi connectivity index (χ3v) is 5.76. The maximum absolute atomic E-state index is 11.1. The molecule has 2 nitrogen and oxygen atoms in total. The lowest BCUT2D eigenvalue weighted by molar-refractivity contribution is 0.611. The fourth-order valence-corrected chi connectivity index (χ4v) is 4.40. The van der Waals surface area contributed by atoms with Crippen LogP contribution in [0.1, 0.15) is 22.2 Å². The summed E-state index contributed by atoms with van der Waals surface area (Å²) in [6.07, 6.45) is 2.67. The minimum atomic E-state index is -0.713.